The van der Waals surface area contributed by atoms with Crippen molar-refractivity contribution in [3.63, 3.8) is 0 Å². The molecular formula is C27H30N2O5S. The number of aliphatic hydroxyl groups is 1. The van der Waals surface area contributed by atoms with Crippen molar-refractivity contribution in [3.05, 3.63) is 96.1 Å². The highest BCUT2D eigenvalue weighted by atomic mass is 32.2. The van der Waals surface area contributed by atoms with Crippen LogP contribution in [0.1, 0.15) is 18.1 Å². The van der Waals surface area contributed by atoms with Crippen molar-refractivity contribution in [1.82, 2.24) is 9.62 Å². The summed E-state index contributed by atoms with van der Waals surface area (Å²) in [6, 6.07) is 24.3. The Balaban J connectivity index is 1.55. The monoisotopic (exact) mass is 494 g/mol. The van der Waals surface area contributed by atoms with Gasteiger partial charge in [-0.2, -0.15) is 4.31 Å². The third kappa shape index (κ3) is 6.28. The Labute approximate surface area is 206 Å². The molecule has 0 spiro atoms. The number of rotatable bonds is 7. The number of benzene rings is 3. The zero-order valence-corrected chi connectivity index (χ0v) is 20.4. The van der Waals surface area contributed by atoms with Gasteiger partial charge in [-0.1, -0.05) is 73.7 Å². The molecule has 0 saturated heterocycles. The van der Waals surface area contributed by atoms with Gasteiger partial charge in [-0.3, -0.25) is 0 Å². The Morgan fingerprint density at radius 2 is 1.66 bits per heavy atom. The van der Waals surface area contributed by atoms with E-state index in [0.29, 0.717) is 18.6 Å². The van der Waals surface area contributed by atoms with Crippen LogP contribution in [-0.4, -0.2) is 49.2 Å². The lowest BCUT2D eigenvalue weighted by molar-refractivity contribution is 0.0991. The smallest absolute Gasteiger partial charge is 0.410 e. The predicted molar refractivity (Wildman–Crippen MR) is 134 cm³/mol. The normalized spacial score (nSPS) is 19.1. The molecule has 0 saturated carbocycles. The number of sulfonamides is 1. The van der Waals surface area contributed by atoms with Crippen LogP contribution in [0.3, 0.4) is 0 Å². The van der Waals surface area contributed by atoms with E-state index < -0.39 is 28.3 Å². The average molecular weight is 495 g/mol. The van der Waals surface area contributed by atoms with E-state index in [1.807, 2.05) is 55.5 Å². The molecule has 0 aliphatic carbocycles. The summed E-state index contributed by atoms with van der Waals surface area (Å²) < 4.78 is 33.6. The summed E-state index contributed by atoms with van der Waals surface area (Å²) in [4.78, 5) is 12.9. The first-order valence-corrected chi connectivity index (χ1v) is 13.1. The number of aliphatic hydroxyl groups excluding tert-OH is 1. The highest BCUT2D eigenvalue weighted by molar-refractivity contribution is 7.89. The average Bonchev–Trinajstić information content (AvgIpc) is 2.93. The molecule has 2 N–H and O–H groups in total. The first-order valence-electron chi connectivity index (χ1n) is 11.7. The minimum Gasteiger partial charge on any atom is -0.410 e. The van der Waals surface area contributed by atoms with Gasteiger partial charge in [-0.15, -0.1) is 0 Å². The van der Waals surface area contributed by atoms with Gasteiger partial charge in [0.05, 0.1) is 17.0 Å². The number of nitrogens with one attached hydrogen (secondary N) is 1. The van der Waals surface area contributed by atoms with Crippen molar-refractivity contribution in [1.29, 1.82) is 0 Å². The summed E-state index contributed by atoms with van der Waals surface area (Å²) in [6.45, 7) is 2.12. The maximum atomic E-state index is 13.5. The molecule has 3 aromatic carbocycles. The third-order valence-electron chi connectivity index (χ3n) is 6.08. The fourth-order valence-electron chi connectivity index (χ4n) is 4.39. The van der Waals surface area contributed by atoms with Gasteiger partial charge in [-0.25, -0.2) is 13.2 Å². The van der Waals surface area contributed by atoms with E-state index in [0.717, 1.165) is 11.1 Å². The van der Waals surface area contributed by atoms with Crippen LogP contribution in [-0.2, 0) is 22.9 Å². The number of hydrogen-bond acceptors (Lipinski definition) is 5. The SMILES string of the molecule is C[C@@H]1Cc2ccccc2S(=O)(=O)N(C[C@H](O)[C@@H](Cc2ccccc2)NC(=O)Oc2ccccc2)C1. The molecule has 3 atom stereocenters. The van der Waals surface area contributed by atoms with E-state index >= 15 is 0 Å². The van der Waals surface area contributed by atoms with Crippen molar-refractivity contribution in [2.75, 3.05) is 13.1 Å². The highest BCUT2D eigenvalue weighted by Gasteiger charge is 2.35. The molecule has 35 heavy (non-hydrogen) atoms. The van der Waals surface area contributed by atoms with Crippen molar-refractivity contribution < 1.29 is 23.1 Å². The van der Waals surface area contributed by atoms with Crippen molar-refractivity contribution in [3.8, 4) is 5.75 Å². The minimum absolute atomic E-state index is 0.0733. The fraction of sp³-hybridized carbons (Fsp3) is 0.296. The van der Waals surface area contributed by atoms with Crippen molar-refractivity contribution in [2.45, 2.75) is 36.8 Å². The molecule has 1 amide bonds. The Bertz CT molecular complexity index is 1230. The van der Waals surface area contributed by atoms with Gasteiger partial charge < -0.3 is 15.2 Å². The van der Waals surface area contributed by atoms with Gasteiger partial charge in [0, 0.05) is 13.1 Å². The van der Waals surface area contributed by atoms with Crippen LogP contribution in [0.15, 0.2) is 89.8 Å². The highest BCUT2D eigenvalue weighted by Crippen LogP contribution is 2.28. The number of carbonyl (C=O) groups excluding carboxylic acids is 1. The van der Waals surface area contributed by atoms with E-state index in [2.05, 4.69) is 5.32 Å². The molecule has 8 heteroatoms. The Kier molecular flexibility index (Phi) is 7.85. The number of para-hydroxylation sites is 1. The van der Waals surface area contributed by atoms with Gasteiger partial charge >= 0.3 is 6.09 Å². The summed E-state index contributed by atoms with van der Waals surface area (Å²) in [6.07, 6.45) is -0.928. The first-order chi connectivity index (χ1) is 16.8. The summed E-state index contributed by atoms with van der Waals surface area (Å²) in [5.41, 5.74) is 1.68. The summed E-state index contributed by atoms with van der Waals surface area (Å²) in [5.74, 6) is 0.447. The standard InChI is InChI=1S/C27H30N2O5S/c1-20-16-22-12-8-9-15-26(22)35(32,33)29(18-20)19-25(30)24(17-21-10-4-2-5-11-21)28-27(31)34-23-13-6-3-7-14-23/h2-15,20,24-25,30H,16-19H2,1H3,(H,28,31)/t20-,24-,25+/m1/s1. The summed E-state index contributed by atoms with van der Waals surface area (Å²) >= 11 is 0. The van der Waals surface area contributed by atoms with Crippen molar-refractivity contribution >= 4 is 16.1 Å². The molecule has 1 aliphatic rings. The second kappa shape index (κ2) is 11.0. The first kappa shape index (κ1) is 24.9. The lowest BCUT2D eigenvalue weighted by Crippen LogP contribution is -2.51. The Hall–Kier alpha value is -3.20. The lowest BCUT2D eigenvalue weighted by Gasteiger charge is -2.29. The van der Waals surface area contributed by atoms with Crippen LogP contribution in [0.2, 0.25) is 0 Å². The third-order valence-corrected chi connectivity index (χ3v) is 8.02. The summed E-state index contributed by atoms with van der Waals surface area (Å²) in [5, 5.41) is 14.0. The second-order valence-corrected chi connectivity index (χ2v) is 10.9. The fourth-order valence-corrected chi connectivity index (χ4v) is 6.20. The van der Waals surface area contributed by atoms with E-state index in [9.17, 15) is 18.3 Å². The maximum absolute atomic E-state index is 13.5. The zero-order valence-electron chi connectivity index (χ0n) is 19.6. The largest absolute Gasteiger partial charge is 0.412 e. The van der Waals surface area contributed by atoms with E-state index in [4.69, 9.17) is 4.74 Å². The quantitative estimate of drug-likeness (QED) is 0.523. The van der Waals surface area contributed by atoms with E-state index in [-0.39, 0.29) is 23.9 Å². The molecule has 1 aliphatic heterocycles. The number of amides is 1. The van der Waals surface area contributed by atoms with E-state index in [1.165, 1.54) is 4.31 Å². The Morgan fingerprint density at radius 3 is 2.37 bits per heavy atom. The number of β-amino-alcohol motifs (C(OH)–C–C–N with tert-alkyl or cyclic N) is 1. The molecular weight excluding hydrogens is 464 g/mol. The number of hydrogen-bond donors (Lipinski definition) is 2. The number of ether oxygens (including phenoxy) is 1. The predicted octanol–water partition coefficient (Wildman–Crippen LogP) is 3.63. The molecule has 4 rings (SSSR count). The topological polar surface area (TPSA) is 95.9 Å². The lowest BCUT2D eigenvalue weighted by atomic mass is 10.00. The van der Waals surface area contributed by atoms with Gasteiger partial charge in [0.15, 0.2) is 0 Å². The van der Waals surface area contributed by atoms with E-state index in [1.54, 1.807) is 36.4 Å². The molecule has 0 bridgehead atoms. The van der Waals surface area contributed by atoms with Crippen molar-refractivity contribution in [2.24, 2.45) is 5.92 Å². The summed E-state index contributed by atoms with van der Waals surface area (Å²) in [7, 11) is -3.80. The number of fused-ring (bicyclic) bond motifs is 1. The molecule has 0 unspecified atom stereocenters. The zero-order chi connectivity index (χ0) is 24.8. The minimum atomic E-state index is -3.80. The van der Waals surface area contributed by atoms with Crippen LogP contribution in [0, 0.1) is 5.92 Å². The van der Waals surface area contributed by atoms with Crippen LogP contribution >= 0.6 is 0 Å². The molecule has 0 radical (unpaired) electrons. The molecule has 184 valence electrons. The number of carbonyl (C=O) groups is 1. The molecule has 1 heterocycles. The maximum Gasteiger partial charge on any atom is 0.412 e. The second-order valence-electron chi connectivity index (χ2n) is 8.95. The van der Waals surface area contributed by atoms with Gasteiger partial charge in [-0.05, 0) is 48.1 Å². The van der Waals surface area contributed by atoms with Gasteiger partial charge in [0.2, 0.25) is 10.0 Å². The molecule has 0 fully saturated rings. The van der Waals surface area contributed by atoms with Crippen LogP contribution in [0.5, 0.6) is 5.75 Å². The van der Waals surface area contributed by atoms with Crippen LogP contribution in [0.4, 0.5) is 4.79 Å². The Morgan fingerprint density at radius 1 is 1.03 bits per heavy atom. The molecule has 7 nitrogen and oxygen atoms in total. The van der Waals surface area contributed by atoms with Crippen LogP contribution < -0.4 is 10.1 Å². The number of nitrogens with zero attached hydrogens (tertiary/aromatic N) is 1. The van der Waals surface area contributed by atoms with Gasteiger partial charge in [0.25, 0.3) is 0 Å². The molecule has 0 aromatic heterocycles. The molecule has 3 aromatic rings. The van der Waals surface area contributed by atoms with Crippen LogP contribution in [0.25, 0.3) is 0 Å². The van der Waals surface area contributed by atoms with Gasteiger partial charge in [0.1, 0.15) is 5.75 Å².